The lowest BCUT2D eigenvalue weighted by molar-refractivity contribution is -0.127. The van der Waals surface area contributed by atoms with Gasteiger partial charge in [0.2, 0.25) is 5.91 Å². The van der Waals surface area contributed by atoms with Crippen LogP contribution < -0.4 is 9.80 Å². The van der Waals surface area contributed by atoms with Crippen molar-refractivity contribution in [1.82, 2.24) is 0 Å². The second-order valence-electron chi connectivity index (χ2n) is 8.47. The van der Waals surface area contributed by atoms with Gasteiger partial charge in [-0.2, -0.15) is 0 Å². The fraction of sp³-hybridized carbons (Fsp3) is 0.214. The van der Waals surface area contributed by atoms with Crippen LogP contribution in [0.5, 0.6) is 0 Å². The van der Waals surface area contributed by atoms with Gasteiger partial charge in [-0.1, -0.05) is 72.3 Å². The molecule has 3 aromatic carbocycles. The smallest absolute Gasteiger partial charge is 0.254 e. The third kappa shape index (κ3) is 4.09. The first-order valence-electron chi connectivity index (χ1n) is 10.9. The number of para-hydroxylation sites is 1. The minimum Gasteiger partial charge on any atom is -0.300 e. The summed E-state index contributed by atoms with van der Waals surface area (Å²) < 4.78 is 0. The topological polar surface area (TPSA) is 40.6 Å². The van der Waals surface area contributed by atoms with Gasteiger partial charge >= 0.3 is 0 Å². The minimum atomic E-state index is -0.710. The Kier molecular flexibility index (Phi) is 5.95. The molecule has 162 valence electrons. The molecule has 3 aromatic rings. The van der Waals surface area contributed by atoms with Crippen LogP contribution in [0.4, 0.5) is 11.4 Å². The predicted octanol–water partition coefficient (Wildman–Crippen LogP) is 5.46. The van der Waals surface area contributed by atoms with Crippen molar-refractivity contribution in [2.24, 2.45) is 0 Å². The summed E-state index contributed by atoms with van der Waals surface area (Å²) in [7, 11) is 0. The predicted molar refractivity (Wildman–Crippen MR) is 131 cm³/mol. The van der Waals surface area contributed by atoms with Gasteiger partial charge in [-0.05, 0) is 62.1 Å². The average molecular weight is 425 g/mol. The van der Waals surface area contributed by atoms with Crippen molar-refractivity contribution in [1.29, 1.82) is 0 Å². The SMILES string of the molecule is CC(=Cc1ccccc1)C1C(=O)N(c2c(C)cccc2C)CC(=O)N1c1ccc(C)cc1. The van der Waals surface area contributed by atoms with E-state index in [-0.39, 0.29) is 18.4 Å². The number of carbonyl (C=O) groups excluding carboxylic acids is 2. The van der Waals surface area contributed by atoms with E-state index in [2.05, 4.69) is 0 Å². The molecule has 2 amide bonds. The summed E-state index contributed by atoms with van der Waals surface area (Å²) >= 11 is 0. The van der Waals surface area contributed by atoms with E-state index >= 15 is 0 Å². The van der Waals surface area contributed by atoms with E-state index in [0.717, 1.165) is 39.2 Å². The van der Waals surface area contributed by atoms with Gasteiger partial charge in [-0.15, -0.1) is 0 Å². The molecule has 32 heavy (non-hydrogen) atoms. The Morgan fingerprint density at radius 2 is 1.47 bits per heavy atom. The first-order valence-corrected chi connectivity index (χ1v) is 10.9. The number of carbonyl (C=O) groups is 2. The Hall–Kier alpha value is -3.66. The van der Waals surface area contributed by atoms with Crippen LogP contribution in [0, 0.1) is 20.8 Å². The number of piperazine rings is 1. The second-order valence-corrected chi connectivity index (χ2v) is 8.47. The molecule has 0 bridgehead atoms. The summed E-state index contributed by atoms with van der Waals surface area (Å²) in [5.41, 5.74) is 6.46. The molecule has 0 aliphatic carbocycles. The number of hydrogen-bond donors (Lipinski definition) is 0. The van der Waals surface area contributed by atoms with Crippen LogP contribution in [0.15, 0.2) is 78.4 Å². The average Bonchev–Trinajstić information content (AvgIpc) is 2.77. The molecule has 1 heterocycles. The first-order chi connectivity index (χ1) is 15.4. The molecule has 1 aliphatic rings. The number of hydrogen-bond acceptors (Lipinski definition) is 2. The van der Waals surface area contributed by atoms with Crippen molar-refractivity contribution in [2.75, 3.05) is 16.3 Å². The molecule has 1 aliphatic heterocycles. The van der Waals surface area contributed by atoms with Crippen molar-refractivity contribution >= 4 is 29.3 Å². The third-order valence-corrected chi connectivity index (χ3v) is 5.97. The Morgan fingerprint density at radius 1 is 0.844 bits per heavy atom. The normalized spacial score (nSPS) is 17.1. The molecule has 0 radical (unpaired) electrons. The molecular formula is C28H28N2O2. The number of amides is 2. The molecule has 4 rings (SSSR count). The van der Waals surface area contributed by atoms with Crippen molar-refractivity contribution in [3.63, 3.8) is 0 Å². The van der Waals surface area contributed by atoms with Crippen LogP contribution in [0.1, 0.15) is 29.2 Å². The lowest BCUT2D eigenvalue weighted by Crippen LogP contribution is -2.61. The van der Waals surface area contributed by atoms with Gasteiger partial charge in [-0.3, -0.25) is 14.5 Å². The lowest BCUT2D eigenvalue weighted by atomic mass is 9.97. The van der Waals surface area contributed by atoms with Gasteiger partial charge in [0.05, 0.1) is 5.69 Å². The fourth-order valence-corrected chi connectivity index (χ4v) is 4.40. The zero-order valence-corrected chi connectivity index (χ0v) is 19.0. The molecule has 4 heteroatoms. The highest BCUT2D eigenvalue weighted by molar-refractivity contribution is 6.16. The monoisotopic (exact) mass is 424 g/mol. The van der Waals surface area contributed by atoms with Gasteiger partial charge in [-0.25, -0.2) is 0 Å². The number of benzene rings is 3. The van der Waals surface area contributed by atoms with Crippen LogP contribution in [0.2, 0.25) is 0 Å². The van der Waals surface area contributed by atoms with Crippen LogP contribution in [-0.2, 0) is 9.59 Å². The lowest BCUT2D eigenvalue weighted by Gasteiger charge is -2.41. The van der Waals surface area contributed by atoms with Crippen molar-refractivity contribution in [3.05, 3.63) is 101 Å². The molecule has 1 saturated heterocycles. The van der Waals surface area contributed by atoms with E-state index < -0.39 is 6.04 Å². The van der Waals surface area contributed by atoms with Crippen LogP contribution in [0.25, 0.3) is 6.08 Å². The van der Waals surface area contributed by atoms with Crippen LogP contribution in [0.3, 0.4) is 0 Å². The van der Waals surface area contributed by atoms with Crippen LogP contribution in [-0.4, -0.2) is 24.4 Å². The molecular weight excluding hydrogens is 396 g/mol. The quantitative estimate of drug-likeness (QED) is 0.558. The van der Waals surface area contributed by atoms with E-state index in [1.165, 1.54) is 0 Å². The number of nitrogens with zero attached hydrogens (tertiary/aromatic N) is 2. The standard InChI is InChI=1S/C28H28N2O2/c1-19-13-15-24(16-14-19)30-25(31)18-29(26-20(2)9-8-10-21(26)3)28(32)27(30)22(4)17-23-11-6-5-7-12-23/h5-17,27H,18H2,1-4H3. The largest absolute Gasteiger partial charge is 0.300 e. The fourth-order valence-electron chi connectivity index (χ4n) is 4.40. The second kappa shape index (κ2) is 8.83. The number of aryl methyl sites for hydroxylation is 3. The highest BCUT2D eigenvalue weighted by Crippen LogP contribution is 2.33. The molecule has 0 aromatic heterocycles. The maximum absolute atomic E-state index is 13.9. The van der Waals surface area contributed by atoms with Gasteiger partial charge in [0.15, 0.2) is 0 Å². The van der Waals surface area contributed by atoms with E-state index in [9.17, 15) is 9.59 Å². The first kappa shape index (κ1) is 21.6. The summed E-state index contributed by atoms with van der Waals surface area (Å²) in [6.45, 7) is 7.92. The molecule has 1 atom stereocenters. The Balaban J connectivity index is 1.83. The molecule has 0 N–H and O–H groups in total. The van der Waals surface area contributed by atoms with Crippen LogP contribution >= 0.6 is 0 Å². The maximum atomic E-state index is 13.9. The Bertz CT molecular complexity index is 1160. The van der Waals surface area contributed by atoms with E-state index in [1.807, 2.05) is 107 Å². The van der Waals surface area contributed by atoms with Crippen molar-refractivity contribution in [2.45, 2.75) is 33.7 Å². The summed E-state index contributed by atoms with van der Waals surface area (Å²) in [5, 5.41) is 0. The van der Waals surface area contributed by atoms with Gasteiger partial charge < -0.3 is 4.90 Å². The van der Waals surface area contributed by atoms with Crippen molar-refractivity contribution < 1.29 is 9.59 Å². The summed E-state index contributed by atoms with van der Waals surface area (Å²) in [6.07, 6.45) is 1.99. The van der Waals surface area contributed by atoms with E-state index in [0.29, 0.717) is 0 Å². The Morgan fingerprint density at radius 3 is 2.09 bits per heavy atom. The molecule has 0 spiro atoms. The van der Waals surface area contributed by atoms with Crippen molar-refractivity contribution in [3.8, 4) is 0 Å². The minimum absolute atomic E-state index is 0.0213. The van der Waals surface area contributed by atoms with Gasteiger partial charge in [0.25, 0.3) is 5.91 Å². The summed E-state index contributed by atoms with van der Waals surface area (Å²) in [6, 6.07) is 22.9. The van der Waals surface area contributed by atoms with E-state index in [4.69, 9.17) is 0 Å². The maximum Gasteiger partial charge on any atom is 0.254 e. The molecule has 0 saturated carbocycles. The highest BCUT2D eigenvalue weighted by atomic mass is 16.2. The Labute approximate surface area is 189 Å². The zero-order valence-electron chi connectivity index (χ0n) is 19.0. The third-order valence-electron chi connectivity index (χ3n) is 5.97. The zero-order chi connectivity index (χ0) is 22.8. The molecule has 1 fully saturated rings. The van der Waals surface area contributed by atoms with E-state index in [1.54, 1.807) is 9.80 Å². The molecule has 4 nitrogen and oxygen atoms in total. The summed E-state index contributed by atoms with van der Waals surface area (Å²) in [5.74, 6) is -0.186. The molecule has 1 unspecified atom stereocenters. The highest BCUT2D eigenvalue weighted by Gasteiger charge is 2.42. The summed E-state index contributed by atoms with van der Waals surface area (Å²) in [4.78, 5) is 30.8. The number of anilines is 2. The van der Waals surface area contributed by atoms with Gasteiger partial charge in [0, 0.05) is 5.69 Å². The van der Waals surface area contributed by atoms with Gasteiger partial charge in [0.1, 0.15) is 12.6 Å². The number of rotatable bonds is 4.